The largest absolute Gasteiger partial charge is 0.368 e. The normalized spacial score (nSPS) is 14.3. The number of amides is 1. The van der Waals surface area contributed by atoms with Crippen LogP contribution in [0.25, 0.3) is 10.8 Å². The van der Waals surface area contributed by atoms with Gasteiger partial charge in [0.15, 0.2) is 0 Å². The van der Waals surface area contributed by atoms with Gasteiger partial charge in [-0.3, -0.25) is 14.9 Å². The van der Waals surface area contributed by atoms with Crippen LogP contribution in [0.2, 0.25) is 5.02 Å². The van der Waals surface area contributed by atoms with Gasteiger partial charge in [-0.2, -0.15) is 0 Å². The van der Waals surface area contributed by atoms with Crippen molar-refractivity contribution in [3.05, 3.63) is 81.4 Å². The van der Waals surface area contributed by atoms with Crippen molar-refractivity contribution in [3.8, 4) is 0 Å². The van der Waals surface area contributed by atoms with Gasteiger partial charge in [0, 0.05) is 60.0 Å². The van der Waals surface area contributed by atoms with Crippen LogP contribution in [-0.2, 0) is 0 Å². The van der Waals surface area contributed by atoms with Crippen LogP contribution in [-0.4, -0.2) is 41.9 Å². The van der Waals surface area contributed by atoms with E-state index in [4.69, 9.17) is 11.6 Å². The lowest BCUT2D eigenvalue weighted by atomic mass is 10.0. The molecule has 142 valence electrons. The number of halogens is 1. The third kappa shape index (κ3) is 3.39. The molecule has 7 heteroatoms. The summed E-state index contributed by atoms with van der Waals surface area (Å²) >= 11 is 6.26. The number of benzene rings is 3. The van der Waals surface area contributed by atoms with Gasteiger partial charge in [-0.1, -0.05) is 35.9 Å². The Hall–Kier alpha value is -3.12. The fraction of sp³-hybridized carbons (Fsp3) is 0.190. The second-order valence-corrected chi connectivity index (χ2v) is 7.10. The summed E-state index contributed by atoms with van der Waals surface area (Å²) in [5.41, 5.74) is 1.66. The van der Waals surface area contributed by atoms with Crippen molar-refractivity contribution in [1.82, 2.24) is 4.90 Å². The smallest absolute Gasteiger partial charge is 0.269 e. The Morgan fingerprint density at radius 1 is 0.893 bits per heavy atom. The topological polar surface area (TPSA) is 66.7 Å². The monoisotopic (exact) mass is 395 g/mol. The van der Waals surface area contributed by atoms with E-state index in [1.54, 1.807) is 12.1 Å². The van der Waals surface area contributed by atoms with E-state index in [9.17, 15) is 14.9 Å². The number of nitro groups is 1. The predicted octanol–water partition coefficient (Wildman–Crippen LogP) is 4.36. The first kappa shape index (κ1) is 18.3. The summed E-state index contributed by atoms with van der Waals surface area (Å²) in [5, 5.41) is 13.2. The van der Waals surface area contributed by atoms with Gasteiger partial charge in [-0.05, 0) is 29.7 Å². The van der Waals surface area contributed by atoms with Gasteiger partial charge < -0.3 is 9.80 Å². The van der Waals surface area contributed by atoms with Crippen LogP contribution in [0.15, 0.2) is 60.7 Å². The quantitative estimate of drug-likeness (QED) is 0.488. The Morgan fingerprint density at radius 2 is 1.54 bits per heavy atom. The minimum atomic E-state index is -0.406. The highest BCUT2D eigenvalue weighted by Gasteiger charge is 2.24. The molecule has 0 unspecified atom stereocenters. The lowest BCUT2D eigenvalue weighted by Crippen LogP contribution is -2.48. The number of anilines is 1. The molecular formula is C21H18ClN3O3. The zero-order chi connectivity index (χ0) is 19.7. The van der Waals surface area contributed by atoms with Crippen LogP contribution in [0.5, 0.6) is 0 Å². The van der Waals surface area contributed by atoms with E-state index in [1.165, 1.54) is 12.1 Å². The molecule has 4 rings (SSSR count). The molecule has 3 aromatic carbocycles. The molecular weight excluding hydrogens is 378 g/mol. The molecule has 28 heavy (non-hydrogen) atoms. The Labute approximate surface area is 167 Å². The third-order valence-corrected chi connectivity index (χ3v) is 5.42. The van der Waals surface area contributed by atoms with Crippen molar-refractivity contribution in [2.24, 2.45) is 0 Å². The van der Waals surface area contributed by atoms with E-state index in [0.29, 0.717) is 36.8 Å². The SMILES string of the molecule is O=C(c1cccc2c(Cl)cccc12)N1CCN(c2ccc([N+](=O)[O-])cc2)CC1. The molecule has 0 saturated carbocycles. The molecule has 3 aromatic rings. The van der Waals surface area contributed by atoms with E-state index in [0.717, 1.165) is 16.5 Å². The van der Waals surface area contributed by atoms with Crippen molar-refractivity contribution < 1.29 is 9.72 Å². The minimum Gasteiger partial charge on any atom is -0.368 e. The van der Waals surface area contributed by atoms with Crippen molar-refractivity contribution in [1.29, 1.82) is 0 Å². The number of non-ortho nitro benzene ring substituents is 1. The zero-order valence-corrected chi connectivity index (χ0v) is 15.8. The molecule has 0 aliphatic carbocycles. The Balaban J connectivity index is 1.49. The van der Waals surface area contributed by atoms with Crippen molar-refractivity contribution >= 4 is 39.7 Å². The molecule has 1 amide bonds. The van der Waals surface area contributed by atoms with E-state index >= 15 is 0 Å². The highest BCUT2D eigenvalue weighted by Crippen LogP contribution is 2.27. The first-order valence-corrected chi connectivity index (χ1v) is 9.38. The fourth-order valence-corrected chi connectivity index (χ4v) is 3.82. The van der Waals surface area contributed by atoms with E-state index in [-0.39, 0.29) is 11.6 Å². The number of fused-ring (bicyclic) bond motifs is 1. The number of carbonyl (C=O) groups is 1. The molecule has 0 bridgehead atoms. The summed E-state index contributed by atoms with van der Waals surface area (Å²) in [5.74, 6) is -0.00350. The maximum absolute atomic E-state index is 13.1. The van der Waals surface area contributed by atoms with E-state index in [1.807, 2.05) is 41.3 Å². The highest BCUT2D eigenvalue weighted by molar-refractivity contribution is 6.36. The number of piperazine rings is 1. The Morgan fingerprint density at radius 3 is 2.21 bits per heavy atom. The number of hydrogen-bond acceptors (Lipinski definition) is 4. The van der Waals surface area contributed by atoms with Crippen molar-refractivity contribution in [2.75, 3.05) is 31.1 Å². The third-order valence-electron chi connectivity index (χ3n) is 5.09. The number of hydrogen-bond donors (Lipinski definition) is 0. The zero-order valence-electron chi connectivity index (χ0n) is 15.0. The molecule has 0 atom stereocenters. The van der Waals surface area contributed by atoms with Gasteiger partial charge in [-0.25, -0.2) is 0 Å². The molecule has 1 aliphatic rings. The van der Waals surface area contributed by atoms with Gasteiger partial charge in [0.25, 0.3) is 11.6 Å². The van der Waals surface area contributed by atoms with E-state index < -0.39 is 4.92 Å². The molecule has 6 nitrogen and oxygen atoms in total. The molecule has 1 heterocycles. The van der Waals surface area contributed by atoms with Crippen LogP contribution in [0.3, 0.4) is 0 Å². The summed E-state index contributed by atoms with van der Waals surface area (Å²) in [6, 6.07) is 17.7. The maximum atomic E-state index is 13.1. The second-order valence-electron chi connectivity index (χ2n) is 6.69. The fourth-order valence-electron chi connectivity index (χ4n) is 3.58. The number of nitrogens with zero attached hydrogens (tertiary/aromatic N) is 3. The van der Waals surface area contributed by atoms with Gasteiger partial charge >= 0.3 is 0 Å². The summed E-state index contributed by atoms with van der Waals surface area (Å²) < 4.78 is 0. The van der Waals surface area contributed by atoms with Crippen molar-refractivity contribution in [3.63, 3.8) is 0 Å². The molecule has 0 aromatic heterocycles. The summed E-state index contributed by atoms with van der Waals surface area (Å²) in [6.45, 7) is 2.53. The van der Waals surface area contributed by atoms with Gasteiger partial charge in [0.2, 0.25) is 0 Å². The van der Waals surface area contributed by atoms with Gasteiger partial charge in [0.05, 0.1) is 4.92 Å². The molecule has 0 N–H and O–H groups in total. The predicted molar refractivity (Wildman–Crippen MR) is 110 cm³/mol. The Kier molecular flexibility index (Phi) is 4.88. The maximum Gasteiger partial charge on any atom is 0.269 e. The summed E-state index contributed by atoms with van der Waals surface area (Å²) in [7, 11) is 0. The summed E-state index contributed by atoms with van der Waals surface area (Å²) in [6.07, 6.45) is 0. The van der Waals surface area contributed by atoms with E-state index in [2.05, 4.69) is 4.90 Å². The van der Waals surface area contributed by atoms with Gasteiger partial charge in [-0.15, -0.1) is 0 Å². The first-order chi connectivity index (χ1) is 13.5. The van der Waals surface area contributed by atoms with Crippen LogP contribution < -0.4 is 4.90 Å². The second kappa shape index (κ2) is 7.48. The first-order valence-electron chi connectivity index (χ1n) is 9.00. The Bertz CT molecular complexity index is 1040. The molecule has 1 fully saturated rings. The number of carbonyl (C=O) groups excluding carboxylic acids is 1. The van der Waals surface area contributed by atoms with Gasteiger partial charge in [0.1, 0.15) is 0 Å². The highest BCUT2D eigenvalue weighted by atomic mass is 35.5. The average Bonchev–Trinajstić information content (AvgIpc) is 2.73. The van der Waals surface area contributed by atoms with Crippen LogP contribution in [0.1, 0.15) is 10.4 Å². The lowest BCUT2D eigenvalue weighted by molar-refractivity contribution is -0.384. The number of nitro benzene ring substituents is 1. The van der Waals surface area contributed by atoms with Crippen LogP contribution in [0.4, 0.5) is 11.4 Å². The molecule has 1 saturated heterocycles. The summed E-state index contributed by atoms with van der Waals surface area (Å²) in [4.78, 5) is 27.4. The minimum absolute atomic E-state index is 0.00350. The lowest BCUT2D eigenvalue weighted by Gasteiger charge is -2.36. The molecule has 1 aliphatic heterocycles. The standard InChI is InChI=1S/C21H18ClN3O3/c22-20-6-2-3-17-18(20)4-1-5-19(17)21(26)24-13-11-23(12-14-24)15-7-9-16(10-8-15)25(27)28/h1-10H,11-14H2. The molecule has 0 spiro atoms. The van der Waals surface area contributed by atoms with Crippen LogP contribution >= 0.6 is 11.6 Å². The number of rotatable bonds is 3. The average molecular weight is 396 g/mol. The van der Waals surface area contributed by atoms with Crippen LogP contribution in [0, 0.1) is 10.1 Å². The molecule has 0 radical (unpaired) electrons. The van der Waals surface area contributed by atoms with Crippen molar-refractivity contribution in [2.45, 2.75) is 0 Å².